The van der Waals surface area contributed by atoms with Gasteiger partial charge in [0, 0.05) is 29.7 Å². The van der Waals surface area contributed by atoms with Gasteiger partial charge in [0.1, 0.15) is 5.75 Å². The van der Waals surface area contributed by atoms with Gasteiger partial charge in [0.05, 0.1) is 0 Å². The Hall–Kier alpha value is -3.80. The molecule has 0 bridgehead atoms. The normalized spacial score (nSPS) is 10.0. The second-order valence-electron chi connectivity index (χ2n) is 6.11. The van der Waals surface area contributed by atoms with Gasteiger partial charge >= 0.3 is 0 Å². The highest BCUT2D eigenvalue weighted by atomic mass is 16.5. The average Bonchev–Trinajstić information content (AvgIpc) is 2.68. The van der Waals surface area contributed by atoms with Gasteiger partial charge in [-0.2, -0.15) is 0 Å². The minimum atomic E-state index is -0.229. The molecule has 28 heavy (non-hydrogen) atoms. The standard InChI is InChI=1S/C22H21N3O3/c1-16(26)23-19-6-5-7-20(14-19)24-17-10-12-18(13-11-17)25-22(27)15-28-21-8-3-2-4-9-21/h2-14,24H,15H2,1H3,(H,23,26)(H,25,27). The molecule has 3 N–H and O–H groups in total. The third kappa shape index (κ3) is 5.88. The van der Waals surface area contributed by atoms with Gasteiger partial charge in [-0.25, -0.2) is 0 Å². The van der Waals surface area contributed by atoms with E-state index in [9.17, 15) is 9.59 Å². The van der Waals surface area contributed by atoms with Crippen molar-refractivity contribution in [3.05, 3.63) is 78.9 Å². The van der Waals surface area contributed by atoms with Gasteiger partial charge in [-0.05, 0) is 54.6 Å². The zero-order valence-electron chi connectivity index (χ0n) is 15.4. The summed E-state index contributed by atoms with van der Waals surface area (Å²) >= 11 is 0. The minimum Gasteiger partial charge on any atom is -0.484 e. The summed E-state index contributed by atoms with van der Waals surface area (Å²) in [4.78, 5) is 23.2. The molecule has 6 heteroatoms. The molecule has 0 saturated carbocycles. The quantitative estimate of drug-likeness (QED) is 0.572. The maximum Gasteiger partial charge on any atom is 0.262 e. The molecular weight excluding hydrogens is 354 g/mol. The number of hydrogen-bond donors (Lipinski definition) is 3. The number of hydrogen-bond acceptors (Lipinski definition) is 4. The van der Waals surface area contributed by atoms with Crippen LogP contribution in [-0.4, -0.2) is 18.4 Å². The first-order chi connectivity index (χ1) is 13.6. The summed E-state index contributed by atoms with van der Waals surface area (Å²) in [5, 5.41) is 8.80. The number of rotatable bonds is 7. The average molecular weight is 375 g/mol. The Morgan fingerprint density at radius 3 is 2.14 bits per heavy atom. The number of carbonyl (C=O) groups is 2. The van der Waals surface area contributed by atoms with E-state index in [4.69, 9.17) is 4.74 Å². The van der Waals surface area contributed by atoms with Crippen LogP contribution in [0.5, 0.6) is 5.75 Å². The molecule has 3 rings (SSSR count). The van der Waals surface area contributed by atoms with E-state index in [1.165, 1.54) is 6.92 Å². The largest absolute Gasteiger partial charge is 0.484 e. The van der Waals surface area contributed by atoms with Gasteiger partial charge < -0.3 is 20.7 Å². The summed E-state index contributed by atoms with van der Waals surface area (Å²) in [5.74, 6) is 0.305. The summed E-state index contributed by atoms with van der Waals surface area (Å²) < 4.78 is 5.43. The Labute approximate surface area is 163 Å². The molecule has 0 spiro atoms. The number of carbonyl (C=O) groups excluding carboxylic acids is 2. The van der Waals surface area contributed by atoms with Crippen molar-refractivity contribution >= 4 is 34.6 Å². The fraction of sp³-hybridized carbons (Fsp3) is 0.0909. The van der Waals surface area contributed by atoms with Crippen molar-refractivity contribution in [1.82, 2.24) is 0 Å². The molecule has 0 fully saturated rings. The van der Waals surface area contributed by atoms with Crippen LogP contribution in [0, 0.1) is 0 Å². The molecule has 0 aliphatic rings. The lowest BCUT2D eigenvalue weighted by Gasteiger charge is -2.10. The number of benzene rings is 3. The Bertz CT molecular complexity index is 941. The first-order valence-corrected chi connectivity index (χ1v) is 8.81. The Morgan fingerprint density at radius 1 is 0.750 bits per heavy atom. The van der Waals surface area contributed by atoms with E-state index < -0.39 is 0 Å². The smallest absolute Gasteiger partial charge is 0.262 e. The molecular formula is C22H21N3O3. The van der Waals surface area contributed by atoms with Crippen LogP contribution in [0.25, 0.3) is 0 Å². The van der Waals surface area contributed by atoms with Crippen LogP contribution in [0.4, 0.5) is 22.7 Å². The van der Waals surface area contributed by atoms with E-state index in [0.717, 1.165) is 17.1 Å². The van der Waals surface area contributed by atoms with Crippen LogP contribution in [0.2, 0.25) is 0 Å². The summed E-state index contributed by atoms with van der Waals surface area (Å²) in [5.41, 5.74) is 3.11. The van der Waals surface area contributed by atoms with Crippen LogP contribution < -0.4 is 20.7 Å². The molecule has 0 aliphatic heterocycles. The lowest BCUT2D eigenvalue weighted by Crippen LogP contribution is -2.20. The summed E-state index contributed by atoms with van der Waals surface area (Å²) in [6.45, 7) is 1.41. The van der Waals surface area contributed by atoms with Gasteiger partial charge in [0.25, 0.3) is 5.91 Å². The van der Waals surface area contributed by atoms with Gasteiger partial charge in [-0.3, -0.25) is 9.59 Å². The molecule has 0 radical (unpaired) electrons. The number of amides is 2. The SMILES string of the molecule is CC(=O)Nc1cccc(Nc2ccc(NC(=O)COc3ccccc3)cc2)c1. The molecule has 2 amide bonds. The van der Waals surface area contributed by atoms with E-state index in [0.29, 0.717) is 11.4 Å². The van der Waals surface area contributed by atoms with Crippen molar-refractivity contribution < 1.29 is 14.3 Å². The van der Waals surface area contributed by atoms with Crippen molar-refractivity contribution in [1.29, 1.82) is 0 Å². The van der Waals surface area contributed by atoms with Crippen molar-refractivity contribution in [3.8, 4) is 5.75 Å². The first kappa shape index (κ1) is 19.0. The Balaban J connectivity index is 1.53. The Kier molecular flexibility index (Phi) is 6.25. The fourth-order valence-electron chi connectivity index (χ4n) is 2.54. The second kappa shape index (κ2) is 9.23. The maximum absolute atomic E-state index is 12.0. The van der Waals surface area contributed by atoms with Gasteiger partial charge in [-0.15, -0.1) is 0 Å². The summed E-state index contributed by atoms with van der Waals surface area (Å²) in [6, 6.07) is 24.0. The fourth-order valence-corrected chi connectivity index (χ4v) is 2.54. The van der Waals surface area contributed by atoms with E-state index in [2.05, 4.69) is 16.0 Å². The predicted molar refractivity (Wildman–Crippen MR) is 111 cm³/mol. The zero-order valence-corrected chi connectivity index (χ0v) is 15.4. The molecule has 0 aromatic heterocycles. The molecule has 0 saturated heterocycles. The van der Waals surface area contributed by atoms with E-state index in [1.54, 1.807) is 24.3 Å². The summed E-state index contributed by atoms with van der Waals surface area (Å²) in [6.07, 6.45) is 0. The Morgan fingerprint density at radius 2 is 1.43 bits per heavy atom. The lowest BCUT2D eigenvalue weighted by atomic mass is 10.2. The molecule has 0 aliphatic carbocycles. The third-order valence-corrected chi connectivity index (χ3v) is 3.75. The molecule has 0 unspecified atom stereocenters. The highest BCUT2D eigenvalue weighted by molar-refractivity contribution is 5.92. The van der Waals surface area contributed by atoms with Crippen LogP contribution in [-0.2, 0) is 9.59 Å². The van der Waals surface area contributed by atoms with Crippen molar-refractivity contribution in [2.45, 2.75) is 6.92 Å². The van der Waals surface area contributed by atoms with Crippen LogP contribution >= 0.6 is 0 Å². The van der Waals surface area contributed by atoms with E-state index in [-0.39, 0.29) is 18.4 Å². The number of anilines is 4. The lowest BCUT2D eigenvalue weighted by molar-refractivity contribution is -0.118. The van der Waals surface area contributed by atoms with Crippen molar-refractivity contribution in [3.63, 3.8) is 0 Å². The summed E-state index contributed by atoms with van der Waals surface area (Å²) in [7, 11) is 0. The van der Waals surface area contributed by atoms with Crippen molar-refractivity contribution in [2.75, 3.05) is 22.6 Å². The number of ether oxygens (including phenoxy) is 1. The number of nitrogens with one attached hydrogen (secondary N) is 3. The predicted octanol–water partition coefficient (Wildman–Crippen LogP) is 4.41. The van der Waals surface area contributed by atoms with Crippen LogP contribution in [0.3, 0.4) is 0 Å². The zero-order chi connectivity index (χ0) is 19.8. The van der Waals surface area contributed by atoms with Gasteiger partial charge in [0.2, 0.25) is 5.91 Å². The van der Waals surface area contributed by atoms with Crippen molar-refractivity contribution in [2.24, 2.45) is 0 Å². The van der Waals surface area contributed by atoms with Crippen LogP contribution in [0.15, 0.2) is 78.9 Å². The molecule has 3 aromatic carbocycles. The minimum absolute atomic E-state index is 0.0556. The monoisotopic (exact) mass is 375 g/mol. The first-order valence-electron chi connectivity index (χ1n) is 8.81. The highest BCUT2D eigenvalue weighted by Crippen LogP contribution is 2.21. The second-order valence-corrected chi connectivity index (χ2v) is 6.11. The maximum atomic E-state index is 12.0. The third-order valence-electron chi connectivity index (χ3n) is 3.75. The van der Waals surface area contributed by atoms with E-state index >= 15 is 0 Å². The van der Waals surface area contributed by atoms with Crippen LogP contribution in [0.1, 0.15) is 6.92 Å². The molecule has 6 nitrogen and oxygen atoms in total. The molecule has 3 aromatic rings. The molecule has 142 valence electrons. The topological polar surface area (TPSA) is 79.5 Å². The highest BCUT2D eigenvalue weighted by Gasteiger charge is 2.04. The molecule has 0 atom stereocenters. The van der Waals surface area contributed by atoms with Gasteiger partial charge in [-0.1, -0.05) is 24.3 Å². The number of para-hydroxylation sites is 1. The van der Waals surface area contributed by atoms with E-state index in [1.807, 2.05) is 54.6 Å². The molecule has 0 heterocycles. The van der Waals surface area contributed by atoms with Gasteiger partial charge in [0.15, 0.2) is 6.61 Å².